The number of hydrogen-bond donors (Lipinski definition) is 1. The van der Waals surface area contributed by atoms with Gasteiger partial charge in [0.2, 0.25) is 0 Å². The van der Waals surface area contributed by atoms with E-state index in [1.54, 1.807) is 0 Å². The summed E-state index contributed by atoms with van der Waals surface area (Å²) in [6.45, 7) is 7.59. The second-order valence-electron chi connectivity index (χ2n) is 4.99. The third-order valence-corrected chi connectivity index (χ3v) is 2.84. The molecule has 2 unspecified atom stereocenters. The van der Waals surface area contributed by atoms with E-state index in [0.717, 1.165) is 26.2 Å². The first kappa shape index (κ1) is 13.8. The minimum Gasteiger partial charge on any atom is -0.316 e. The predicted molar refractivity (Wildman–Crippen MR) is 58.3 cm³/mol. The first-order valence-electron chi connectivity index (χ1n) is 5.86. The van der Waals surface area contributed by atoms with Crippen LogP contribution in [0.4, 0.5) is 13.2 Å². The average molecular weight is 238 g/mol. The van der Waals surface area contributed by atoms with Gasteiger partial charge in [-0.25, -0.2) is 0 Å². The summed E-state index contributed by atoms with van der Waals surface area (Å²) < 4.78 is 36.4. The van der Waals surface area contributed by atoms with Crippen molar-refractivity contribution in [3.05, 3.63) is 0 Å². The summed E-state index contributed by atoms with van der Waals surface area (Å²) in [4.78, 5) is 1.95. The van der Waals surface area contributed by atoms with Gasteiger partial charge in [-0.05, 0) is 24.9 Å². The minimum atomic E-state index is -4.03. The van der Waals surface area contributed by atoms with Crippen molar-refractivity contribution in [2.75, 3.05) is 32.7 Å². The Morgan fingerprint density at radius 2 is 1.62 bits per heavy atom. The van der Waals surface area contributed by atoms with Gasteiger partial charge in [0.25, 0.3) is 0 Å². The van der Waals surface area contributed by atoms with Crippen molar-refractivity contribution in [2.24, 2.45) is 11.8 Å². The summed E-state index contributed by atoms with van der Waals surface area (Å²) in [5, 5.41) is 3.33. The first-order chi connectivity index (χ1) is 7.37. The van der Waals surface area contributed by atoms with Crippen LogP contribution in [0.15, 0.2) is 0 Å². The highest BCUT2D eigenvalue weighted by atomic mass is 19.4. The molecule has 0 bridgehead atoms. The quantitative estimate of drug-likeness (QED) is 0.792. The van der Waals surface area contributed by atoms with Crippen molar-refractivity contribution in [3.63, 3.8) is 0 Å². The van der Waals surface area contributed by atoms with Gasteiger partial charge in [0.1, 0.15) is 0 Å². The maximum absolute atomic E-state index is 12.1. The van der Waals surface area contributed by atoms with Gasteiger partial charge in [0.15, 0.2) is 0 Å². The minimum absolute atomic E-state index is 0.137. The summed E-state index contributed by atoms with van der Waals surface area (Å²) in [6.07, 6.45) is -4.73. The molecule has 1 N–H and O–H groups in total. The van der Waals surface area contributed by atoms with E-state index in [-0.39, 0.29) is 6.54 Å². The van der Waals surface area contributed by atoms with Gasteiger partial charge >= 0.3 is 6.18 Å². The number of rotatable bonds is 2. The Morgan fingerprint density at radius 3 is 2.06 bits per heavy atom. The van der Waals surface area contributed by atoms with Crippen LogP contribution in [0.5, 0.6) is 0 Å². The van der Waals surface area contributed by atoms with Gasteiger partial charge in [0, 0.05) is 19.6 Å². The van der Waals surface area contributed by atoms with Crippen LogP contribution in [0.2, 0.25) is 0 Å². The third kappa shape index (κ3) is 5.70. The zero-order valence-electron chi connectivity index (χ0n) is 9.98. The monoisotopic (exact) mass is 238 g/mol. The van der Waals surface area contributed by atoms with E-state index < -0.39 is 12.6 Å². The summed E-state index contributed by atoms with van der Waals surface area (Å²) >= 11 is 0. The number of nitrogens with zero attached hydrogens (tertiary/aromatic N) is 1. The maximum atomic E-state index is 12.1. The van der Waals surface area contributed by atoms with E-state index in [1.165, 1.54) is 0 Å². The topological polar surface area (TPSA) is 15.3 Å². The highest BCUT2D eigenvalue weighted by Crippen LogP contribution is 2.20. The van der Waals surface area contributed by atoms with Crippen molar-refractivity contribution < 1.29 is 13.2 Å². The van der Waals surface area contributed by atoms with E-state index in [4.69, 9.17) is 0 Å². The third-order valence-electron chi connectivity index (χ3n) is 2.84. The summed E-state index contributed by atoms with van der Waals surface area (Å²) in [7, 11) is 0. The van der Waals surface area contributed by atoms with Gasteiger partial charge in [-0.2, -0.15) is 13.2 Å². The summed E-state index contributed by atoms with van der Waals surface area (Å²) in [5.41, 5.74) is 0. The molecular formula is C11H21F3N2. The Balaban J connectivity index is 2.41. The Morgan fingerprint density at radius 1 is 1.12 bits per heavy atom. The van der Waals surface area contributed by atoms with Gasteiger partial charge in [-0.15, -0.1) is 0 Å². The molecule has 0 radical (unpaired) electrons. The van der Waals surface area contributed by atoms with Crippen LogP contribution in [0.25, 0.3) is 0 Å². The molecule has 1 aliphatic rings. The summed E-state index contributed by atoms with van der Waals surface area (Å²) in [5.74, 6) is 0.835. The van der Waals surface area contributed by atoms with Crippen molar-refractivity contribution in [3.8, 4) is 0 Å². The molecule has 1 rings (SSSR count). The Bertz CT molecular complexity index is 194. The van der Waals surface area contributed by atoms with Crippen LogP contribution in [0.3, 0.4) is 0 Å². The molecule has 0 aromatic rings. The Labute approximate surface area is 95.2 Å². The van der Waals surface area contributed by atoms with E-state index in [1.807, 2.05) is 4.90 Å². The van der Waals surface area contributed by atoms with Crippen LogP contribution < -0.4 is 5.32 Å². The van der Waals surface area contributed by atoms with E-state index in [0.29, 0.717) is 11.8 Å². The average Bonchev–Trinajstić information content (AvgIpc) is 2.10. The molecule has 16 heavy (non-hydrogen) atoms. The van der Waals surface area contributed by atoms with Crippen LogP contribution in [0, 0.1) is 11.8 Å². The number of halogens is 3. The van der Waals surface area contributed by atoms with Crippen LogP contribution in [-0.4, -0.2) is 43.8 Å². The molecule has 0 aromatic carbocycles. The maximum Gasteiger partial charge on any atom is 0.390 e. The fourth-order valence-corrected chi connectivity index (χ4v) is 2.13. The molecule has 0 saturated carbocycles. The Hall–Kier alpha value is -0.290. The molecule has 96 valence electrons. The largest absolute Gasteiger partial charge is 0.390 e. The second-order valence-corrected chi connectivity index (χ2v) is 4.99. The molecule has 2 atom stereocenters. The van der Waals surface area contributed by atoms with Crippen LogP contribution in [0.1, 0.15) is 20.3 Å². The SMILES string of the molecule is CC1CNCC(C)CN(CCC(F)(F)F)C1. The zero-order valence-corrected chi connectivity index (χ0v) is 9.98. The molecule has 0 spiro atoms. The Kier molecular flexibility index (Phi) is 5.05. The second kappa shape index (κ2) is 5.87. The van der Waals surface area contributed by atoms with Crippen molar-refractivity contribution >= 4 is 0 Å². The van der Waals surface area contributed by atoms with E-state index in [9.17, 15) is 13.2 Å². The van der Waals surface area contributed by atoms with Crippen molar-refractivity contribution in [1.29, 1.82) is 0 Å². The van der Waals surface area contributed by atoms with Crippen LogP contribution >= 0.6 is 0 Å². The number of nitrogens with one attached hydrogen (secondary N) is 1. The summed E-state index contributed by atoms with van der Waals surface area (Å²) in [6, 6.07) is 0. The molecule has 0 amide bonds. The standard InChI is InChI=1S/C11H21F3N2/c1-9-5-15-6-10(2)8-16(7-9)4-3-11(12,13)14/h9-10,15H,3-8H2,1-2H3. The van der Waals surface area contributed by atoms with Crippen LogP contribution in [-0.2, 0) is 0 Å². The smallest absolute Gasteiger partial charge is 0.316 e. The molecule has 1 aliphatic heterocycles. The molecule has 2 nitrogen and oxygen atoms in total. The predicted octanol–water partition coefficient (Wildman–Crippen LogP) is 2.12. The lowest BCUT2D eigenvalue weighted by atomic mass is 10.1. The highest BCUT2D eigenvalue weighted by molar-refractivity contribution is 4.73. The van der Waals surface area contributed by atoms with E-state index >= 15 is 0 Å². The molecule has 1 saturated heterocycles. The van der Waals surface area contributed by atoms with Crippen molar-refractivity contribution in [1.82, 2.24) is 10.2 Å². The van der Waals surface area contributed by atoms with Crippen molar-refractivity contribution in [2.45, 2.75) is 26.4 Å². The first-order valence-corrected chi connectivity index (χ1v) is 5.86. The molecular weight excluding hydrogens is 217 g/mol. The molecule has 1 fully saturated rings. The fraction of sp³-hybridized carbons (Fsp3) is 1.00. The molecule has 5 heteroatoms. The van der Waals surface area contributed by atoms with Gasteiger partial charge in [-0.3, -0.25) is 0 Å². The van der Waals surface area contributed by atoms with Gasteiger partial charge in [-0.1, -0.05) is 13.8 Å². The lowest BCUT2D eigenvalue weighted by Crippen LogP contribution is -2.43. The van der Waals surface area contributed by atoms with E-state index in [2.05, 4.69) is 19.2 Å². The molecule has 0 aromatic heterocycles. The lowest BCUT2D eigenvalue weighted by Gasteiger charge is -2.31. The lowest BCUT2D eigenvalue weighted by molar-refractivity contribution is -0.138. The normalized spacial score (nSPS) is 29.8. The highest BCUT2D eigenvalue weighted by Gasteiger charge is 2.28. The zero-order chi connectivity index (χ0) is 12.2. The molecule has 1 heterocycles. The van der Waals surface area contributed by atoms with Gasteiger partial charge in [0.05, 0.1) is 6.42 Å². The fourth-order valence-electron chi connectivity index (χ4n) is 2.13. The number of alkyl halides is 3. The van der Waals surface area contributed by atoms with Gasteiger partial charge < -0.3 is 10.2 Å². The number of hydrogen-bond acceptors (Lipinski definition) is 2. The molecule has 0 aliphatic carbocycles.